The predicted octanol–water partition coefficient (Wildman–Crippen LogP) is 1.92. The molecule has 0 unspecified atom stereocenters. The number of nitrogens with zero attached hydrogens (tertiary/aromatic N) is 1. The normalized spacial score (nSPS) is 18.8. The summed E-state index contributed by atoms with van der Waals surface area (Å²) in [6.45, 7) is 7.05. The van der Waals surface area contributed by atoms with E-state index in [9.17, 15) is 9.50 Å². The Morgan fingerprint density at radius 2 is 1.83 bits per heavy atom. The molecule has 1 aromatic rings. The summed E-state index contributed by atoms with van der Waals surface area (Å²) in [4.78, 5) is 2.18. The van der Waals surface area contributed by atoms with Crippen molar-refractivity contribution in [2.24, 2.45) is 0 Å². The predicted molar refractivity (Wildman–Crippen MR) is 70.7 cm³/mol. The monoisotopic (exact) mass is 252 g/mol. The van der Waals surface area contributed by atoms with Gasteiger partial charge in [-0.15, -0.1) is 0 Å². The number of hydrogen-bond acceptors (Lipinski definition) is 3. The zero-order valence-electron chi connectivity index (χ0n) is 11.0. The Kier molecular flexibility index (Phi) is 4.19. The van der Waals surface area contributed by atoms with Crippen molar-refractivity contribution in [3.63, 3.8) is 0 Å². The molecule has 3 nitrogen and oxygen atoms in total. The molecule has 4 heteroatoms. The third-order valence-electron chi connectivity index (χ3n) is 3.65. The molecule has 1 heterocycles. The molecule has 2 rings (SSSR count). The van der Waals surface area contributed by atoms with Crippen molar-refractivity contribution in [2.75, 3.05) is 32.9 Å². The Balaban J connectivity index is 2.32. The van der Waals surface area contributed by atoms with Gasteiger partial charge in [0.1, 0.15) is 12.4 Å². The maximum absolute atomic E-state index is 13.5. The zero-order valence-corrected chi connectivity index (χ0v) is 11.0. The largest absolute Gasteiger partial charge is 0.508 e. The lowest BCUT2D eigenvalue weighted by Crippen LogP contribution is -2.46. The highest BCUT2D eigenvalue weighted by Crippen LogP contribution is 2.30. The first-order valence-corrected chi connectivity index (χ1v) is 6.44. The number of aromatic hydroxyl groups is 1. The van der Waals surface area contributed by atoms with Gasteiger partial charge in [0.05, 0.1) is 6.04 Å². The number of nitrogens with one attached hydrogen (secondary N) is 1. The number of rotatable bonds is 3. The van der Waals surface area contributed by atoms with Crippen LogP contribution in [0.1, 0.15) is 22.7 Å². The highest BCUT2D eigenvalue weighted by Gasteiger charge is 2.25. The molecule has 0 aromatic heterocycles. The fourth-order valence-electron chi connectivity index (χ4n) is 2.83. The molecule has 100 valence electrons. The Labute approximate surface area is 108 Å². The summed E-state index contributed by atoms with van der Waals surface area (Å²) in [7, 11) is 0. The molecule has 1 aliphatic rings. The second kappa shape index (κ2) is 5.67. The van der Waals surface area contributed by atoms with Crippen LogP contribution in [0.15, 0.2) is 12.1 Å². The van der Waals surface area contributed by atoms with Crippen molar-refractivity contribution in [2.45, 2.75) is 19.9 Å². The number of phenolic OH excluding ortho intramolecular Hbond substituents is 1. The third-order valence-corrected chi connectivity index (χ3v) is 3.65. The lowest BCUT2D eigenvalue weighted by Gasteiger charge is -2.35. The molecule has 18 heavy (non-hydrogen) atoms. The first kappa shape index (κ1) is 13.3. The summed E-state index contributed by atoms with van der Waals surface area (Å²) in [6, 6.07) is 3.24. The maximum Gasteiger partial charge on any atom is 0.116 e. The van der Waals surface area contributed by atoms with Crippen LogP contribution in [0.25, 0.3) is 0 Å². The Bertz CT molecular complexity index is 393. The second-order valence-corrected chi connectivity index (χ2v) is 4.95. The van der Waals surface area contributed by atoms with Crippen LogP contribution >= 0.6 is 0 Å². The minimum absolute atomic E-state index is 0.187. The molecule has 1 fully saturated rings. The van der Waals surface area contributed by atoms with Crippen LogP contribution in [0.3, 0.4) is 0 Å². The van der Waals surface area contributed by atoms with Crippen molar-refractivity contribution in [1.29, 1.82) is 0 Å². The van der Waals surface area contributed by atoms with E-state index < -0.39 is 0 Å². The van der Waals surface area contributed by atoms with Gasteiger partial charge in [-0.1, -0.05) is 0 Å². The average Bonchev–Trinajstić information content (AvgIpc) is 2.34. The highest BCUT2D eigenvalue weighted by molar-refractivity contribution is 5.42. The van der Waals surface area contributed by atoms with E-state index in [0.29, 0.717) is 0 Å². The second-order valence-electron chi connectivity index (χ2n) is 4.95. The van der Waals surface area contributed by atoms with Gasteiger partial charge in [-0.05, 0) is 42.7 Å². The van der Waals surface area contributed by atoms with E-state index >= 15 is 0 Å². The van der Waals surface area contributed by atoms with Crippen LogP contribution < -0.4 is 5.32 Å². The smallest absolute Gasteiger partial charge is 0.116 e. The number of aryl methyl sites for hydroxylation is 2. The molecule has 0 bridgehead atoms. The Morgan fingerprint density at radius 3 is 2.33 bits per heavy atom. The van der Waals surface area contributed by atoms with E-state index in [2.05, 4.69) is 10.2 Å². The van der Waals surface area contributed by atoms with E-state index in [4.69, 9.17) is 0 Å². The summed E-state index contributed by atoms with van der Waals surface area (Å²) in [6.07, 6.45) is 0. The Morgan fingerprint density at radius 1 is 1.28 bits per heavy atom. The SMILES string of the molecule is Cc1cc(O)cc(C)c1[C@@H](CF)N1CCNCC1. The van der Waals surface area contributed by atoms with Gasteiger partial charge in [0.25, 0.3) is 0 Å². The van der Waals surface area contributed by atoms with Gasteiger partial charge in [-0.3, -0.25) is 4.90 Å². The fourth-order valence-corrected chi connectivity index (χ4v) is 2.83. The number of halogens is 1. The summed E-state index contributed by atoms with van der Waals surface area (Å²) >= 11 is 0. The Hall–Kier alpha value is -1.13. The van der Waals surface area contributed by atoms with Gasteiger partial charge in [-0.25, -0.2) is 4.39 Å². The maximum atomic E-state index is 13.5. The molecule has 0 amide bonds. The van der Waals surface area contributed by atoms with Crippen LogP contribution in [0, 0.1) is 13.8 Å². The van der Waals surface area contributed by atoms with Gasteiger partial charge in [-0.2, -0.15) is 0 Å². The van der Waals surface area contributed by atoms with Gasteiger partial charge in [0.15, 0.2) is 0 Å². The quantitative estimate of drug-likeness (QED) is 0.863. The van der Waals surface area contributed by atoms with Gasteiger partial charge < -0.3 is 10.4 Å². The van der Waals surface area contributed by atoms with E-state index in [-0.39, 0.29) is 18.5 Å². The number of alkyl halides is 1. The van der Waals surface area contributed by atoms with E-state index in [0.717, 1.165) is 42.9 Å². The summed E-state index contributed by atoms with van der Waals surface area (Å²) in [5.41, 5.74) is 2.96. The highest BCUT2D eigenvalue weighted by atomic mass is 19.1. The number of hydrogen-bond donors (Lipinski definition) is 2. The van der Waals surface area contributed by atoms with Gasteiger partial charge in [0, 0.05) is 26.2 Å². The van der Waals surface area contributed by atoms with Crippen LogP contribution in [-0.4, -0.2) is 42.9 Å². The first-order chi connectivity index (χ1) is 8.63. The molecular weight excluding hydrogens is 231 g/mol. The number of benzene rings is 1. The van der Waals surface area contributed by atoms with Crippen molar-refractivity contribution in [3.8, 4) is 5.75 Å². The zero-order chi connectivity index (χ0) is 13.1. The van der Waals surface area contributed by atoms with E-state index in [1.54, 1.807) is 12.1 Å². The van der Waals surface area contributed by atoms with Crippen LogP contribution in [0.5, 0.6) is 5.75 Å². The summed E-state index contributed by atoms with van der Waals surface area (Å²) in [5, 5.41) is 12.8. The van der Waals surface area contributed by atoms with Crippen LogP contribution in [0.2, 0.25) is 0 Å². The van der Waals surface area contributed by atoms with E-state index in [1.165, 1.54) is 0 Å². The minimum atomic E-state index is -0.382. The standard InChI is InChI=1S/C14H21FN2O/c1-10-7-12(18)8-11(2)14(10)13(9-15)17-5-3-16-4-6-17/h7-8,13,16,18H,3-6,9H2,1-2H3/t13-/m1/s1. The average molecular weight is 252 g/mol. The van der Waals surface area contributed by atoms with Gasteiger partial charge >= 0.3 is 0 Å². The van der Waals surface area contributed by atoms with Crippen LogP contribution in [-0.2, 0) is 0 Å². The summed E-state index contributed by atoms with van der Waals surface area (Å²) in [5.74, 6) is 0.256. The molecule has 0 radical (unpaired) electrons. The van der Waals surface area contributed by atoms with Crippen molar-refractivity contribution >= 4 is 0 Å². The van der Waals surface area contributed by atoms with E-state index in [1.807, 2.05) is 13.8 Å². The third kappa shape index (κ3) is 2.65. The summed E-state index contributed by atoms with van der Waals surface area (Å²) < 4.78 is 13.5. The lowest BCUT2D eigenvalue weighted by molar-refractivity contribution is 0.146. The lowest BCUT2D eigenvalue weighted by atomic mass is 9.95. The van der Waals surface area contributed by atoms with Crippen molar-refractivity contribution in [3.05, 3.63) is 28.8 Å². The molecule has 1 aliphatic heterocycles. The molecule has 1 saturated heterocycles. The molecule has 1 aromatic carbocycles. The first-order valence-electron chi connectivity index (χ1n) is 6.44. The molecule has 1 atom stereocenters. The minimum Gasteiger partial charge on any atom is -0.508 e. The molecule has 0 saturated carbocycles. The van der Waals surface area contributed by atoms with Gasteiger partial charge in [0.2, 0.25) is 0 Å². The van der Waals surface area contributed by atoms with Crippen molar-refractivity contribution < 1.29 is 9.50 Å². The molecular formula is C14H21FN2O. The molecule has 0 aliphatic carbocycles. The van der Waals surface area contributed by atoms with Crippen LogP contribution in [0.4, 0.5) is 4.39 Å². The molecule has 2 N–H and O–H groups in total. The topological polar surface area (TPSA) is 35.5 Å². The number of piperazine rings is 1. The fraction of sp³-hybridized carbons (Fsp3) is 0.571. The molecule has 0 spiro atoms. The number of phenols is 1. The van der Waals surface area contributed by atoms with Crippen molar-refractivity contribution in [1.82, 2.24) is 10.2 Å².